The van der Waals surface area contributed by atoms with Crippen LogP contribution in [-0.4, -0.2) is 113 Å². The minimum absolute atomic E-state index is 0.382. The molecule has 28 heavy (non-hydrogen) atoms. The summed E-state index contributed by atoms with van der Waals surface area (Å²) in [6, 6.07) is 0. The van der Waals surface area contributed by atoms with Gasteiger partial charge in [-0.15, -0.1) is 0 Å². The second kappa shape index (κ2) is 13.4. The van der Waals surface area contributed by atoms with Gasteiger partial charge in [-0.3, -0.25) is 4.99 Å². The summed E-state index contributed by atoms with van der Waals surface area (Å²) in [4.78, 5) is 12.4. The maximum absolute atomic E-state index is 5.99. The normalized spacial score (nSPS) is 21.9. The number of likely N-dealkylation sites (tertiary alicyclic amines) is 1. The summed E-state index contributed by atoms with van der Waals surface area (Å²) >= 11 is 0. The zero-order chi connectivity index (χ0) is 20.2. The fourth-order valence-electron chi connectivity index (χ4n) is 3.88. The van der Waals surface area contributed by atoms with Crippen LogP contribution in [0.25, 0.3) is 0 Å². The lowest BCUT2D eigenvalue weighted by Crippen LogP contribution is -2.47. The molecule has 0 aliphatic carbocycles. The van der Waals surface area contributed by atoms with Gasteiger partial charge in [-0.2, -0.15) is 0 Å². The van der Waals surface area contributed by atoms with Crippen molar-refractivity contribution in [3.8, 4) is 0 Å². The number of hydrogen-bond donors (Lipinski definition) is 1. The average molecular weight is 398 g/mol. The van der Waals surface area contributed by atoms with Gasteiger partial charge in [0.15, 0.2) is 5.96 Å². The van der Waals surface area contributed by atoms with Crippen LogP contribution in [0.15, 0.2) is 4.99 Å². The molecular formula is C21H43N5O2. The number of aliphatic imine (C=N–C) groups is 1. The Balaban J connectivity index is 1.72. The fourth-order valence-corrected chi connectivity index (χ4v) is 3.88. The Kier molecular flexibility index (Phi) is 11.2. The molecule has 0 aromatic rings. The topological polar surface area (TPSA) is 52.6 Å². The number of hydrogen-bond acceptors (Lipinski definition) is 5. The molecule has 7 nitrogen and oxygen atoms in total. The van der Waals surface area contributed by atoms with Crippen molar-refractivity contribution in [1.82, 2.24) is 20.0 Å². The molecule has 2 rings (SSSR count). The van der Waals surface area contributed by atoms with E-state index in [1.165, 1.54) is 26.2 Å². The standard InChI is InChI=1S/C21H43N5O2/c1-5-22-21(23-17-19(2)18-25-13-11-24(3)12-14-25)26-9-7-20(8-10-26)28-16-6-15-27-4/h19-20H,5-18H2,1-4H3,(H,22,23). The van der Waals surface area contributed by atoms with Crippen molar-refractivity contribution in [1.29, 1.82) is 0 Å². The quantitative estimate of drug-likeness (QED) is 0.341. The summed E-state index contributed by atoms with van der Waals surface area (Å²) in [6.45, 7) is 15.8. The van der Waals surface area contributed by atoms with Gasteiger partial charge in [0, 0.05) is 79.2 Å². The Morgan fingerprint density at radius 1 is 1.11 bits per heavy atom. The van der Waals surface area contributed by atoms with Gasteiger partial charge in [0.25, 0.3) is 0 Å². The first kappa shape index (κ1) is 23.4. The molecule has 0 aromatic carbocycles. The van der Waals surface area contributed by atoms with Crippen LogP contribution in [0.3, 0.4) is 0 Å². The maximum atomic E-state index is 5.99. The van der Waals surface area contributed by atoms with Gasteiger partial charge in [-0.25, -0.2) is 0 Å². The molecule has 0 spiro atoms. The van der Waals surface area contributed by atoms with Crippen LogP contribution in [0.5, 0.6) is 0 Å². The van der Waals surface area contributed by atoms with Crippen molar-refractivity contribution in [3.63, 3.8) is 0 Å². The third kappa shape index (κ3) is 8.64. The predicted molar refractivity (Wildman–Crippen MR) is 116 cm³/mol. The van der Waals surface area contributed by atoms with Crippen LogP contribution < -0.4 is 5.32 Å². The first-order chi connectivity index (χ1) is 13.6. The molecule has 1 unspecified atom stereocenters. The number of rotatable bonds is 10. The first-order valence-electron chi connectivity index (χ1n) is 11.2. The Bertz CT molecular complexity index is 433. The summed E-state index contributed by atoms with van der Waals surface area (Å²) < 4.78 is 11.1. The monoisotopic (exact) mass is 397 g/mol. The van der Waals surface area contributed by atoms with Crippen LogP contribution >= 0.6 is 0 Å². The van der Waals surface area contributed by atoms with Gasteiger partial charge >= 0.3 is 0 Å². The van der Waals surface area contributed by atoms with Gasteiger partial charge in [0.2, 0.25) is 0 Å². The number of nitrogens with one attached hydrogen (secondary N) is 1. The van der Waals surface area contributed by atoms with Crippen LogP contribution in [-0.2, 0) is 9.47 Å². The molecule has 0 amide bonds. The zero-order valence-corrected chi connectivity index (χ0v) is 18.7. The Hall–Kier alpha value is -0.890. The number of likely N-dealkylation sites (N-methyl/N-ethyl adjacent to an activating group) is 1. The fraction of sp³-hybridized carbons (Fsp3) is 0.952. The van der Waals surface area contributed by atoms with E-state index < -0.39 is 0 Å². The molecule has 2 saturated heterocycles. The van der Waals surface area contributed by atoms with Gasteiger partial charge in [0.05, 0.1) is 6.10 Å². The number of piperidine rings is 1. The third-order valence-electron chi connectivity index (χ3n) is 5.64. The van der Waals surface area contributed by atoms with E-state index >= 15 is 0 Å². The van der Waals surface area contributed by atoms with E-state index in [2.05, 4.69) is 40.9 Å². The number of piperazine rings is 1. The Morgan fingerprint density at radius 3 is 2.46 bits per heavy atom. The third-order valence-corrected chi connectivity index (χ3v) is 5.64. The second-order valence-electron chi connectivity index (χ2n) is 8.31. The predicted octanol–water partition coefficient (Wildman–Crippen LogP) is 1.35. The molecule has 2 heterocycles. The van der Waals surface area contributed by atoms with E-state index in [1.54, 1.807) is 7.11 Å². The van der Waals surface area contributed by atoms with E-state index in [9.17, 15) is 0 Å². The van der Waals surface area contributed by atoms with E-state index in [1.807, 2.05) is 0 Å². The first-order valence-corrected chi connectivity index (χ1v) is 11.2. The SMILES string of the molecule is CCNC(=NCC(C)CN1CCN(C)CC1)N1CCC(OCCCOC)CC1. The van der Waals surface area contributed by atoms with Crippen molar-refractivity contribution in [2.45, 2.75) is 39.2 Å². The van der Waals surface area contributed by atoms with E-state index in [0.29, 0.717) is 12.0 Å². The lowest BCUT2D eigenvalue weighted by Gasteiger charge is -2.35. The highest BCUT2D eigenvalue weighted by molar-refractivity contribution is 5.80. The number of guanidine groups is 1. The van der Waals surface area contributed by atoms with Crippen molar-refractivity contribution in [2.75, 3.05) is 86.3 Å². The highest BCUT2D eigenvalue weighted by atomic mass is 16.5. The van der Waals surface area contributed by atoms with Crippen molar-refractivity contribution in [2.24, 2.45) is 10.9 Å². The van der Waals surface area contributed by atoms with Crippen LogP contribution in [0.1, 0.15) is 33.1 Å². The highest BCUT2D eigenvalue weighted by Gasteiger charge is 2.22. The number of nitrogens with zero attached hydrogens (tertiary/aromatic N) is 4. The molecule has 2 aliphatic rings. The lowest BCUT2D eigenvalue weighted by molar-refractivity contribution is 0.00989. The largest absolute Gasteiger partial charge is 0.385 e. The van der Waals surface area contributed by atoms with Gasteiger partial charge < -0.3 is 29.5 Å². The number of methoxy groups -OCH3 is 1. The number of ether oxygens (including phenoxy) is 2. The zero-order valence-electron chi connectivity index (χ0n) is 18.7. The minimum atomic E-state index is 0.382. The molecule has 164 valence electrons. The van der Waals surface area contributed by atoms with E-state index in [-0.39, 0.29) is 0 Å². The van der Waals surface area contributed by atoms with Crippen molar-refractivity contribution in [3.05, 3.63) is 0 Å². The van der Waals surface area contributed by atoms with Gasteiger partial charge in [0.1, 0.15) is 0 Å². The van der Waals surface area contributed by atoms with Crippen molar-refractivity contribution < 1.29 is 9.47 Å². The maximum Gasteiger partial charge on any atom is 0.193 e. The van der Waals surface area contributed by atoms with Crippen LogP contribution in [0.2, 0.25) is 0 Å². The molecular weight excluding hydrogens is 354 g/mol. The molecule has 0 saturated carbocycles. The molecule has 2 aliphatic heterocycles. The summed E-state index contributed by atoms with van der Waals surface area (Å²) in [7, 11) is 3.95. The molecule has 2 fully saturated rings. The van der Waals surface area contributed by atoms with Crippen LogP contribution in [0, 0.1) is 5.92 Å². The molecule has 7 heteroatoms. The molecule has 0 radical (unpaired) electrons. The second-order valence-corrected chi connectivity index (χ2v) is 8.31. The summed E-state index contributed by atoms with van der Waals surface area (Å²) in [5.41, 5.74) is 0. The van der Waals surface area contributed by atoms with E-state index in [4.69, 9.17) is 14.5 Å². The Morgan fingerprint density at radius 2 is 1.82 bits per heavy atom. The average Bonchev–Trinajstić information content (AvgIpc) is 2.71. The molecule has 0 bridgehead atoms. The summed E-state index contributed by atoms with van der Waals surface area (Å²) in [6.07, 6.45) is 3.52. The lowest BCUT2D eigenvalue weighted by atomic mass is 10.1. The molecule has 1 atom stereocenters. The summed E-state index contributed by atoms with van der Waals surface area (Å²) in [5.74, 6) is 1.66. The Labute approximate surface area is 172 Å². The smallest absolute Gasteiger partial charge is 0.193 e. The van der Waals surface area contributed by atoms with Crippen LogP contribution in [0.4, 0.5) is 0 Å². The highest BCUT2D eigenvalue weighted by Crippen LogP contribution is 2.14. The summed E-state index contributed by atoms with van der Waals surface area (Å²) in [5, 5.41) is 3.49. The van der Waals surface area contributed by atoms with Gasteiger partial charge in [-0.1, -0.05) is 6.92 Å². The van der Waals surface area contributed by atoms with E-state index in [0.717, 1.165) is 71.2 Å². The molecule has 0 aromatic heterocycles. The van der Waals surface area contributed by atoms with Gasteiger partial charge in [-0.05, 0) is 39.2 Å². The minimum Gasteiger partial charge on any atom is -0.385 e. The van der Waals surface area contributed by atoms with Crippen molar-refractivity contribution >= 4 is 5.96 Å². The molecule has 1 N–H and O–H groups in total.